The lowest BCUT2D eigenvalue weighted by atomic mass is 10.1. The average Bonchev–Trinajstić information content (AvgIpc) is 2.70. The van der Waals surface area contributed by atoms with Gasteiger partial charge in [0.1, 0.15) is 12.6 Å². The van der Waals surface area contributed by atoms with Crippen LogP contribution in [-0.2, 0) is 26.2 Å². The van der Waals surface area contributed by atoms with Gasteiger partial charge in [-0.1, -0.05) is 45.7 Å². The maximum atomic E-state index is 13.3. The summed E-state index contributed by atoms with van der Waals surface area (Å²) in [6, 6.07) is 12.8. The van der Waals surface area contributed by atoms with E-state index in [1.165, 1.54) is 11.0 Å². The predicted octanol–water partition coefficient (Wildman–Crippen LogP) is 3.42. The highest BCUT2D eigenvalue weighted by Crippen LogP contribution is 2.22. The zero-order valence-electron chi connectivity index (χ0n) is 17.5. The molecule has 0 spiro atoms. The number of anilines is 1. The fourth-order valence-corrected chi connectivity index (χ4v) is 4.23. The van der Waals surface area contributed by atoms with Crippen molar-refractivity contribution in [1.82, 2.24) is 10.2 Å². The van der Waals surface area contributed by atoms with Crippen LogP contribution in [0.5, 0.6) is 0 Å². The first kappa shape index (κ1) is 25.2. The largest absolute Gasteiger partial charge is 0.355 e. The number of hydrogen-bond acceptors (Lipinski definition) is 4. The third-order valence-corrected chi connectivity index (χ3v) is 6.46. The standard InChI is InChI=1S/C21H25BrClN3O4S/c1-4-24-21(28)15(2)25(13-16-8-10-17(22)11-9-16)20(27)14-26(31(3,29)30)19-7-5-6-18(23)12-19/h5-12,15H,4,13-14H2,1-3H3,(H,24,28)/t15-/m0/s1. The highest BCUT2D eigenvalue weighted by Gasteiger charge is 2.29. The molecule has 168 valence electrons. The lowest BCUT2D eigenvalue weighted by Gasteiger charge is -2.31. The van der Waals surface area contributed by atoms with E-state index in [4.69, 9.17) is 11.6 Å². The van der Waals surface area contributed by atoms with Gasteiger partial charge in [-0.05, 0) is 49.7 Å². The van der Waals surface area contributed by atoms with Crippen LogP contribution < -0.4 is 9.62 Å². The molecule has 31 heavy (non-hydrogen) atoms. The van der Waals surface area contributed by atoms with E-state index in [1.807, 2.05) is 24.3 Å². The van der Waals surface area contributed by atoms with Crippen LogP contribution in [0.15, 0.2) is 53.0 Å². The van der Waals surface area contributed by atoms with Crippen LogP contribution in [0.3, 0.4) is 0 Å². The van der Waals surface area contributed by atoms with E-state index in [-0.39, 0.29) is 18.1 Å². The maximum Gasteiger partial charge on any atom is 0.244 e. The predicted molar refractivity (Wildman–Crippen MR) is 126 cm³/mol. The van der Waals surface area contributed by atoms with Gasteiger partial charge in [0.2, 0.25) is 21.8 Å². The van der Waals surface area contributed by atoms with Gasteiger partial charge in [-0.2, -0.15) is 0 Å². The van der Waals surface area contributed by atoms with Crippen molar-refractivity contribution in [2.45, 2.75) is 26.4 Å². The first-order valence-corrected chi connectivity index (χ1v) is 12.6. The molecule has 0 unspecified atom stereocenters. The lowest BCUT2D eigenvalue weighted by molar-refractivity contribution is -0.139. The number of amides is 2. The van der Waals surface area contributed by atoms with E-state index in [2.05, 4.69) is 21.2 Å². The number of nitrogens with zero attached hydrogens (tertiary/aromatic N) is 2. The molecule has 1 N–H and O–H groups in total. The number of benzene rings is 2. The van der Waals surface area contributed by atoms with Crippen molar-refractivity contribution >= 4 is 55.1 Å². The third kappa shape index (κ3) is 7.22. The molecule has 0 aliphatic rings. The summed E-state index contributed by atoms with van der Waals surface area (Å²) in [5.41, 5.74) is 1.08. The van der Waals surface area contributed by atoms with Crippen molar-refractivity contribution in [3.63, 3.8) is 0 Å². The Morgan fingerprint density at radius 1 is 1.16 bits per heavy atom. The highest BCUT2D eigenvalue weighted by molar-refractivity contribution is 9.10. The third-order valence-electron chi connectivity index (χ3n) is 4.56. The Labute approximate surface area is 196 Å². The molecule has 0 aromatic heterocycles. The van der Waals surface area contributed by atoms with E-state index >= 15 is 0 Å². The van der Waals surface area contributed by atoms with E-state index in [0.717, 1.165) is 20.6 Å². The minimum absolute atomic E-state index is 0.150. The molecule has 7 nitrogen and oxygen atoms in total. The summed E-state index contributed by atoms with van der Waals surface area (Å²) in [6.07, 6.45) is 1.02. The summed E-state index contributed by atoms with van der Waals surface area (Å²) in [5.74, 6) is -0.825. The number of carbonyl (C=O) groups excluding carboxylic acids is 2. The summed E-state index contributed by atoms with van der Waals surface area (Å²) in [4.78, 5) is 27.1. The Morgan fingerprint density at radius 2 is 1.81 bits per heavy atom. The van der Waals surface area contributed by atoms with Crippen LogP contribution in [0.1, 0.15) is 19.4 Å². The van der Waals surface area contributed by atoms with Gasteiger partial charge < -0.3 is 10.2 Å². The molecular formula is C21H25BrClN3O4S. The van der Waals surface area contributed by atoms with Crippen LogP contribution in [0.2, 0.25) is 5.02 Å². The molecule has 2 aromatic rings. The monoisotopic (exact) mass is 529 g/mol. The molecule has 0 saturated carbocycles. The Balaban J connectivity index is 2.37. The van der Waals surface area contributed by atoms with Crippen molar-refractivity contribution in [2.24, 2.45) is 0 Å². The van der Waals surface area contributed by atoms with E-state index in [0.29, 0.717) is 11.6 Å². The summed E-state index contributed by atoms with van der Waals surface area (Å²) in [7, 11) is -3.78. The van der Waals surface area contributed by atoms with Gasteiger partial charge in [-0.15, -0.1) is 0 Å². The molecule has 0 aliphatic carbocycles. The number of likely N-dealkylation sites (N-methyl/N-ethyl adjacent to an activating group) is 1. The Morgan fingerprint density at radius 3 is 2.35 bits per heavy atom. The molecular weight excluding hydrogens is 506 g/mol. The number of nitrogens with one attached hydrogen (secondary N) is 1. The Bertz CT molecular complexity index is 1030. The van der Waals surface area contributed by atoms with Crippen LogP contribution in [0, 0.1) is 0 Å². The van der Waals surface area contributed by atoms with Gasteiger partial charge in [0, 0.05) is 22.6 Å². The average molecular weight is 531 g/mol. The van der Waals surface area contributed by atoms with Crippen LogP contribution in [0.4, 0.5) is 5.69 Å². The lowest BCUT2D eigenvalue weighted by Crippen LogP contribution is -2.51. The summed E-state index contributed by atoms with van der Waals surface area (Å²) < 4.78 is 26.7. The zero-order valence-corrected chi connectivity index (χ0v) is 20.7. The number of carbonyl (C=O) groups is 2. The molecule has 10 heteroatoms. The molecule has 0 heterocycles. The number of hydrogen-bond donors (Lipinski definition) is 1. The van der Waals surface area contributed by atoms with Crippen LogP contribution in [-0.4, -0.2) is 50.5 Å². The SMILES string of the molecule is CCNC(=O)[C@H](C)N(Cc1ccc(Br)cc1)C(=O)CN(c1cccc(Cl)c1)S(C)(=O)=O. The fraction of sp³-hybridized carbons (Fsp3) is 0.333. The van der Waals surface area contributed by atoms with Gasteiger partial charge in [0.05, 0.1) is 11.9 Å². The molecule has 2 aromatic carbocycles. The second-order valence-corrected chi connectivity index (χ2v) is 10.2. The van der Waals surface area contributed by atoms with Gasteiger partial charge in [-0.25, -0.2) is 8.42 Å². The summed E-state index contributed by atoms with van der Waals surface area (Å²) >= 11 is 9.38. The first-order valence-electron chi connectivity index (χ1n) is 9.57. The van der Waals surface area contributed by atoms with Crippen LogP contribution in [0.25, 0.3) is 0 Å². The van der Waals surface area contributed by atoms with Gasteiger partial charge in [0.25, 0.3) is 0 Å². The van der Waals surface area contributed by atoms with Crippen molar-refractivity contribution in [1.29, 1.82) is 0 Å². The zero-order chi connectivity index (χ0) is 23.2. The Kier molecular flexibility index (Phi) is 8.90. The second-order valence-electron chi connectivity index (χ2n) is 6.97. The highest BCUT2D eigenvalue weighted by atomic mass is 79.9. The first-order chi connectivity index (χ1) is 14.5. The van der Waals surface area contributed by atoms with E-state index in [1.54, 1.807) is 32.0 Å². The summed E-state index contributed by atoms with van der Waals surface area (Å²) in [6.45, 7) is 3.51. The second kappa shape index (κ2) is 11.0. The van der Waals surface area contributed by atoms with Gasteiger partial charge in [0.15, 0.2) is 0 Å². The fourth-order valence-electron chi connectivity index (χ4n) is 2.94. The quantitative estimate of drug-likeness (QED) is 0.538. The number of halogens is 2. The van der Waals surface area contributed by atoms with Crippen molar-refractivity contribution < 1.29 is 18.0 Å². The normalized spacial score (nSPS) is 12.2. The topological polar surface area (TPSA) is 86.8 Å². The van der Waals surface area contributed by atoms with Gasteiger partial charge >= 0.3 is 0 Å². The number of rotatable bonds is 9. The Hall–Kier alpha value is -2.10. The van der Waals surface area contributed by atoms with Crippen molar-refractivity contribution in [3.05, 3.63) is 63.6 Å². The molecule has 0 fully saturated rings. The maximum absolute atomic E-state index is 13.3. The van der Waals surface area contributed by atoms with E-state index in [9.17, 15) is 18.0 Å². The molecule has 0 radical (unpaired) electrons. The number of sulfonamides is 1. The van der Waals surface area contributed by atoms with Gasteiger partial charge in [-0.3, -0.25) is 13.9 Å². The molecule has 2 rings (SSSR count). The minimum Gasteiger partial charge on any atom is -0.355 e. The summed E-state index contributed by atoms with van der Waals surface area (Å²) in [5, 5.41) is 3.06. The smallest absolute Gasteiger partial charge is 0.244 e. The molecule has 0 aliphatic heterocycles. The minimum atomic E-state index is -3.78. The molecule has 2 amide bonds. The molecule has 0 bridgehead atoms. The molecule has 0 saturated heterocycles. The van der Waals surface area contributed by atoms with Crippen LogP contribution >= 0.6 is 27.5 Å². The van der Waals surface area contributed by atoms with Crippen molar-refractivity contribution in [3.8, 4) is 0 Å². The van der Waals surface area contributed by atoms with Crippen molar-refractivity contribution in [2.75, 3.05) is 23.7 Å². The van der Waals surface area contributed by atoms with E-state index < -0.39 is 28.5 Å². The molecule has 1 atom stereocenters.